The summed E-state index contributed by atoms with van der Waals surface area (Å²) >= 11 is 0. The number of amides is 1. The molecule has 186 valence electrons. The van der Waals surface area contributed by atoms with Crippen LogP contribution in [0.4, 0.5) is 4.79 Å². The molecule has 1 fully saturated rings. The lowest BCUT2D eigenvalue weighted by Gasteiger charge is -2.24. The maximum Gasteiger partial charge on any atom is 0.408 e. The average Bonchev–Trinajstić information content (AvgIpc) is 3.30. The van der Waals surface area contributed by atoms with Crippen LogP contribution in [-0.2, 0) is 31.2 Å². The van der Waals surface area contributed by atoms with Gasteiger partial charge in [0.1, 0.15) is 18.2 Å². The number of ether oxygens (including phenoxy) is 3. The molecular weight excluding hydrogens is 442 g/mol. The second kappa shape index (κ2) is 11.4. The number of carbonyl (C=O) groups is 2. The minimum atomic E-state index is -0.796. The Balaban J connectivity index is 1.61. The molecule has 1 aliphatic heterocycles. The molecule has 35 heavy (non-hydrogen) atoms. The van der Waals surface area contributed by atoms with Gasteiger partial charge in [-0.2, -0.15) is 0 Å². The highest BCUT2D eigenvalue weighted by atomic mass is 16.6. The van der Waals surface area contributed by atoms with Crippen LogP contribution in [0.25, 0.3) is 0 Å². The van der Waals surface area contributed by atoms with Gasteiger partial charge in [-0.05, 0) is 62.8 Å². The van der Waals surface area contributed by atoms with E-state index in [1.54, 1.807) is 20.8 Å². The summed E-state index contributed by atoms with van der Waals surface area (Å²) in [6, 6.07) is 16.9. The molecule has 2 aromatic rings. The summed E-state index contributed by atoms with van der Waals surface area (Å²) in [4.78, 5) is 24.7. The molecule has 0 bridgehead atoms. The van der Waals surface area contributed by atoms with E-state index in [0.29, 0.717) is 6.61 Å². The van der Waals surface area contributed by atoms with Gasteiger partial charge in [0.2, 0.25) is 0 Å². The molecule has 6 nitrogen and oxygen atoms in total. The number of rotatable bonds is 6. The summed E-state index contributed by atoms with van der Waals surface area (Å²) in [5.74, 6) is 5.94. The topological polar surface area (TPSA) is 73.9 Å². The Labute approximate surface area is 208 Å². The molecule has 0 aliphatic carbocycles. The Morgan fingerprint density at radius 3 is 2.34 bits per heavy atom. The van der Waals surface area contributed by atoms with Crippen LogP contribution in [0, 0.1) is 17.8 Å². The van der Waals surface area contributed by atoms with E-state index in [1.165, 1.54) is 0 Å². The normalized spacial score (nSPS) is 18.3. The van der Waals surface area contributed by atoms with Crippen molar-refractivity contribution in [2.24, 2.45) is 5.92 Å². The smallest absolute Gasteiger partial charge is 0.408 e. The minimum Gasteiger partial charge on any atom is -0.459 e. The summed E-state index contributed by atoms with van der Waals surface area (Å²) in [7, 11) is 0. The SMILES string of the molecule is CC(C)[C@@H](NC(=O)OC(C)(C)C)C(=O)OCc1ccc(C#CC2(c3ccccc3)CCCO2)cc1. The third kappa shape index (κ3) is 7.60. The molecule has 1 amide bonds. The predicted octanol–water partition coefficient (Wildman–Crippen LogP) is 5.34. The fourth-order valence-corrected chi connectivity index (χ4v) is 3.78. The molecule has 2 aromatic carbocycles. The van der Waals surface area contributed by atoms with Crippen molar-refractivity contribution in [3.05, 3.63) is 71.3 Å². The lowest BCUT2D eigenvalue weighted by molar-refractivity contribution is -0.148. The van der Waals surface area contributed by atoms with Crippen molar-refractivity contribution in [1.29, 1.82) is 0 Å². The van der Waals surface area contributed by atoms with Gasteiger partial charge in [-0.1, -0.05) is 68.2 Å². The van der Waals surface area contributed by atoms with E-state index in [0.717, 1.165) is 29.5 Å². The number of esters is 1. The van der Waals surface area contributed by atoms with E-state index in [4.69, 9.17) is 14.2 Å². The van der Waals surface area contributed by atoms with Crippen LogP contribution in [0.2, 0.25) is 0 Å². The summed E-state index contributed by atoms with van der Waals surface area (Å²) in [5, 5.41) is 2.61. The number of nitrogens with one attached hydrogen (secondary N) is 1. The zero-order valence-corrected chi connectivity index (χ0v) is 21.2. The maximum atomic E-state index is 12.6. The van der Waals surface area contributed by atoms with Gasteiger partial charge in [0.05, 0.1) is 0 Å². The highest BCUT2D eigenvalue weighted by Gasteiger charge is 2.35. The molecule has 0 radical (unpaired) electrons. The largest absolute Gasteiger partial charge is 0.459 e. The molecule has 1 saturated heterocycles. The van der Waals surface area contributed by atoms with Gasteiger partial charge in [0, 0.05) is 12.2 Å². The molecule has 1 N–H and O–H groups in total. The Morgan fingerprint density at radius 1 is 1.09 bits per heavy atom. The number of alkyl carbamates (subject to hydrolysis) is 1. The molecule has 0 aromatic heterocycles. The minimum absolute atomic E-state index is 0.100. The van der Waals surface area contributed by atoms with Crippen molar-refractivity contribution in [2.75, 3.05) is 6.61 Å². The highest BCUT2D eigenvalue weighted by Crippen LogP contribution is 2.35. The van der Waals surface area contributed by atoms with Gasteiger partial charge in [-0.15, -0.1) is 0 Å². The fraction of sp³-hybridized carbons (Fsp3) is 0.448. The van der Waals surface area contributed by atoms with Crippen LogP contribution in [0.3, 0.4) is 0 Å². The van der Waals surface area contributed by atoms with E-state index in [9.17, 15) is 9.59 Å². The van der Waals surface area contributed by atoms with Crippen molar-refractivity contribution in [2.45, 2.75) is 71.3 Å². The van der Waals surface area contributed by atoms with Crippen LogP contribution >= 0.6 is 0 Å². The second-order valence-electron chi connectivity index (χ2n) is 10.1. The van der Waals surface area contributed by atoms with E-state index in [-0.39, 0.29) is 12.5 Å². The number of benzene rings is 2. The van der Waals surface area contributed by atoms with E-state index >= 15 is 0 Å². The first-order valence-electron chi connectivity index (χ1n) is 12.1. The van der Waals surface area contributed by atoms with Crippen LogP contribution in [0.1, 0.15) is 64.2 Å². The Hall–Kier alpha value is -3.30. The van der Waals surface area contributed by atoms with Crippen LogP contribution in [-0.4, -0.2) is 30.3 Å². The quantitative estimate of drug-likeness (QED) is 0.449. The summed E-state index contributed by atoms with van der Waals surface area (Å²) in [5.41, 5.74) is 1.55. The van der Waals surface area contributed by atoms with Crippen molar-refractivity contribution in [3.8, 4) is 11.8 Å². The monoisotopic (exact) mass is 477 g/mol. The van der Waals surface area contributed by atoms with Gasteiger partial charge >= 0.3 is 12.1 Å². The molecule has 0 spiro atoms. The Kier molecular flexibility index (Phi) is 8.58. The van der Waals surface area contributed by atoms with Crippen LogP contribution < -0.4 is 5.32 Å². The molecule has 6 heteroatoms. The molecule has 1 aliphatic rings. The van der Waals surface area contributed by atoms with Crippen LogP contribution in [0.5, 0.6) is 0 Å². The van der Waals surface area contributed by atoms with Crippen molar-refractivity contribution in [3.63, 3.8) is 0 Å². The fourth-order valence-electron chi connectivity index (χ4n) is 3.78. The maximum absolute atomic E-state index is 12.6. The molecule has 2 atom stereocenters. The van der Waals surface area contributed by atoms with Crippen LogP contribution in [0.15, 0.2) is 54.6 Å². The van der Waals surface area contributed by atoms with Crippen molar-refractivity contribution in [1.82, 2.24) is 5.32 Å². The number of hydrogen-bond acceptors (Lipinski definition) is 5. The zero-order chi connectivity index (χ0) is 25.5. The summed E-state index contributed by atoms with van der Waals surface area (Å²) in [6.45, 7) is 9.79. The van der Waals surface area contributed by atoms with Crippen molar-refractivity contribution < 1.29 is 23.8 Å². The van der Waals surface area contributed by atoms with Gasteiger partial charge in [-0.3, -0.25) is 0 Å². The first kappa shape index (κ1) is 26.3. The first-order valence-corrected chi connectivity index (χ1v) is 12.1. The Bertz CT molecular complexity index is 1050. The summed E-state index contributed by atoms with van der Waals surface area (Å²) < 4.78 is 16.8. The highest BCUT2D eigenvalue weighted by molar-refractivity contribution is 5.81. The van der Waals surface area contributed by atoms with Crippen molar-refractivity contribution >= 4 is 12.1 Å². The first-order chi connectivity index (χ1) is 16.6. The van der Waals surface area contributed by atoms with Gasteiger partial charge in [0.15, 0.2) is 5.60 Å². The van der Waals surface area contributed by atoms with Gasteiger partial charge in [0.25, 0.3) is 0 Å². The average molecular weight is 478 g/mol. The molecular formula is C29H35NO5. The molecule has 3 rings (SSSR count). The predicted molar refractivity (Wildman–Crippen MR) is 134 cm³/mol. The zero-order valence-electron chi connectivity index (χ0n) is 21.2. The lowest BCUT2D eigenvalue weighted by atomic mass is 9.91. The third-order valence-electron chi connectivity index (χ3n) is 5.60. The van der Waals surface area contributed by atoms with E-state index in [1.807, 2.05) is 56.3 Å². The summed E-state index contributed by atoms with van der Waals surface area (Å²) in [6.07, 6.45) is 1.20. The third-order valence-corrected chi connectivity index (χ3v) is 5.60. The standard InChI is InChI=1S/C29H35NO5/c1-21(2)25(30-27(32)35-28(3,4)5)26(31)33-20-23-14-12-22(13-15-23)16-18-29(17-9-19-34-29)24-10-7-6-8-11-24/h6-8,10-15,21,25H,9,17,19-20H2,1-5H3,(H,30,32)/t25-,29?/m1/s1. The molecule has 0 saturated carbocycles. The van der Waals surface area contributed by atoms with Gasteiger partial charge in [-0.25, -0.2) is 9.59 Å². The molecule has 1 unspecified atom stereocenters. The van der Waals surface area contributed by atoms with E-state index in [2.05, 4.69) is 29.3 Å². The van der Waals surface area contributed by atoms with E-state index < -0.39 is 29.3 Å². The number of hydrogen-bond donors (Lipinski definition) is 1. The molecule has 1 heterocycles. The second-order valence-corrected chi connectivity index (χ2v) is 10.1. The van der Waals surface area contributed by atoms with Gasteiger partial charge < -0.3 is 19.5 Å². The number of carbonyl (C=O) groups excluding carboxylic acids is 2. The Morgan fingerprint density at radius 2 is 1.77 bits per heavy atom. The lowest BCUT2D eigenvalue weighted by Crippen LogP contribution is -2.47.